The fraction of sp³-hybridized carbons (Fsp3) is 0.227. The summed E-state index contributed by atoms with van der Waals surface area (Å²) in [6.07, 6.45) is 1.72. The Labute approximate surface area is 177 Å². The lowest BCUT2D eigenvalue weighted by molar-refractivity contribution is 0.0474. The smallest absolute Gasteiger partial charge is 0.338 e. The van der Waals surface area contributed by atoms with Gasteiger partial charge in [-0.15, -0.1) is 11.3 Å². The van der Waals surface area contributed by atoms with Gasteiger partial charge in [-0.1, -0.05) is 0 Å². The molecule has 0 fully saturated rings. The van der Waals surface area contributed by atoms with E-state index in [1.54, 1.807) is 30.5 Å². The van der Waals surface area contributed by atoms with Crippen molar-refractivity contribution in [3.63, 3.8) is 0 Å². The molecule has 0 aliphatic carbocycles. The van der Waals surface area contributed by atoms with Crippen LogP contribution in [0.5, 0.6) is 0 Å². The topological polar surface area (TPSA) is 87.0 Å². The van der Waals surface area contributed by atoms with Crippen molar-refractivity contribution in [3.8, 4) is 5.13 Å². The average molecular weight is 420 g/mol. The van der Waals surface area contributed by atoms with E-state index in [0.29, 0.717) is 22.2 Å². The highest BCUT2D eigenvalue weighted by Gasteiger charge is 2.19. The number of thiazole rings is 1. The van der Waals surface area contributed by atoms with E-state index in [-0.39, 0.29) is 12.4 Å². The first-order valence-corrected chi connectivity index (χ1v) is 10.3. The van der Waals surface area contributed by atoms with Crippen molar-refractivity contribution in [2.24, 2.45) is 0 Å². The molecular weight excluding hydrogens is 400 g/mol. The summed E-state index contributed by atoms with van der Waals surface area (Å²) >= 11 is 1.49. The first-order valence-electron chi connectivity index (χ1n) is 9.39. The SMILES string of the molecule is Cc1nc2ccc(C(=O)OCC(=O)c3cc(C)n(-c4nccs4)c3C)cc2nc1C. The van der Waals surface area contributed by atoms with Crippen LogP contribution in [-0.4, -0.2) is 37.9 Å². The molecule has 0 spiro atoms. The Morgan fingerprint density at radius 3 is 2.47 bits per heavy atom. The van der Waals surface area contributed by atoms with Crippen LogP contribution in [0.25, 0.3) is 16.2 Å². The second-order valence-electron chi connectivity index (χ2n) is 7.03. The number of ether oxygens (including phenoxy) is 1. The van der Waals surface area contributed by atoms with Crippen molar-refractivity contribution in [1.29, 1.82) is 0 Å². The maximum Gasteiger partial charge on any atom is 0.338 e. The summed E-state index contributed by atoms with van der Waals surface area (Å²) in [5, 5.41) is 2.68. The van der Waals surface area contributed by atoms with Crippen molar-refractivity contribution in [2.45, 2.75) is 27.7 Å². The van der Waals surface area contributed by atoms with E-state index in [2.05, 4.69) is 15.0 Å². The van der Waals surface area contributed by atoms with Crippen LogP contribution < -0.4 is 0 Å². The summed E-state index contributed by atoms with van der Waals surface area (Å²) in [7, 11) is 0. The molecule has 1 aromatic carbocycles. The minimum Gasteiger partial charge on any atom is -0.454 e. The van der Waals surface area contributed by atoms with E-state index in [4.69, 9.17) is 4.74 Å². The fourth-order valence-corrected chi connectivity index (χ4v) is 4.07. The van der Waals surface area contributed by atoms with E-state index in [9.17, 15) is 9.59 Å². The lowest BCUT2D eigenvalue weighted by atomic mass is 10.1. The Bertz CT molecular complexity index is 1280. The summed E-state index contributed by atoms with van der Waals surface area (Å²) in [5.41, 5.74) is 5.50. The van der Waals surface area contributed by atoms with Gasteiger partial charge in [-0.2, -0.15) is 0 Å². The predicted octanol–water partition coefficient (Wildman–Crippen LogP) is 4.15. The fourth-order valence-electron chi connectivity index (χ4n) is 3.32. The monoisotopic (exact) mass is 420 g/mol. The van der Waals surface area contributed by atoms with E-state index in [0.717, 1.165) is 27.9 Å². The summed E-state index contributed by atoms with van der Waals surface area (Å²) in [6, 6.07) is 6.79. The number of Topliss-reactive ketones (excluding diaryl/α,β-unsaturated/α-hetero) is 1. The van der Waals surface area contributed by atoms with E-state index in [1.165, 1.54) is 11.3 Å². The van der Waals surface area contributed by atoms with Gasteiger partial charge in [0.05, 0.1) is 28.0 Å². The maximum absolute atomic E-state index is 12.7. The first kappa shape index (κ1) is 19.9. The number of aromatic nitrogens is 4. The zero-order chi connectivity index (χ0) is 21.4. The lowest BCUT2D eigenvalue weighted by Gasteiger charge is -2.07. The van der Waals surface area contributed by atoms with E-state index >= 15 is 0 Å². The summed E-state index contributed by atoms with van der Waals surface area (Å²) in [6.45, 7) is 7.19. The number of benzene rings is 1. The number of ketones is 1. The number of esters is 1. The van der Waals surface area contributed by atoms with Crippen LogP contribution in [0.4, 0.5) is 0 Å². The number of hydrogen-bond acceptors (Lipinski definition) is 7. The van der Waals surface area contributed by atoms with Gasteiger partial charge in [0.15, 0.2) is 11.7 Å². The largest absolute Gasteiger partial charge is 0.454 e. The molecule has 0 saturated heterocycles. The quantitative estimate of drug-likeness (QED) is 0.356. The summed E-state index contributed by atoms with van der Waals surface area (Å²) < 4.78 is 7.21. The molecule has 7 nitrogen and oxygen atoms in total. The summed E-state index contributed by atoms with van der Waals surface area (Å²) in [5.74, 6) is -0.828. The van der Waals surface area contributed by atoms with Crippen molar-refractivity contribution >= 4 is 34.1 Å². The molecule has 8 heteroatoms. The van der Waals surface area contributed by atoms with Crippen LogP contribution in [0, 0.1) is 27.7 Å². The molecule has 0 aliphatic rings. The molecule has 0 aliphatic heterocycles. The Balaban J connectivity index is 1.50. The number of rotatable bonds is 5. The first-order chi connectivity index (χ1) is 14.3. The van der Waals surface area contributed by atoms with E-state index < -0.39 is 5.97 Å². The Morgan fingerprint density at radius 1 is 1.03 bits per heavy atom. The highest BCUT2D eigenvalue weighted by molar-refractivity contribution is 7.12. The Morgan fingerprint density at radius 2 is 1.77 bits per heavy atom. The molecule has 4 aromatic rings. The van der Waals surface area contributed by atoms with Gasteiger partial charge in [-0.25, -0.2) is 19.7 Å². The molecule has 0 bridgehead atoms. The van der Waals surface area contributed by atoms with Crippen LogP contribution in [0.3, 0.4) is 0 Å². The number of hydrogen-bond donors (Lipinski definition) is 0. The third kappa shape index (κ3) is 3.61. The van der Waals surface area contributed by atoms with Gasteiger partial charge in [0.25, 0.3) is 0 Å². The predicted molar refractivity (Wildman–Crippen MR) is 115 cm³/mol. The second kappa shape index (κ2) is 7.79. The average Bonchev–Trinajstić information content (AvgIpc) is 3.34. The van der Waals surface area contributed by atoms with Gasteiger partial charge in [-0.3, -0.25) is 9.36 Å². The van der Waals surface area contributed by atoms with Crippen molar-refractivity contribution < 1.29 is 14.3 Å². The van der Waals surface area contributed by atoms with E-state index in [1.807, 2.05) is 37.6 Å². The lowest BCUT2D eigenvalue weighted by Crippen LogP contribution is -2.15. The molecule has 0 atom stereocenters. The molecule has 0 unspecified atom stereocenters. The molecule has 0 radical (unpaired) electrons. The molecule has 30 heavy (non-hydrogen) atoms. The van der Waals surface area contributed by atoms with Crippen LogP contribution in [0.1, 0.15) is 43.5 Å². The van der Waals surface area contributed by atoms with Gasteiger partial charge in [-0.05, 0) is 52.0 Å². The van der Waals surface area contributed by atoms with Crippen molar-refractivity contribution in [1.82, 2.24) is 19.5 Å². The number of aryl methyl sites for hydroxylation is 3. The zero-order valence-corrected chi connectivity index (χ0v) is 17.9. The second-order valence-corrected chi connectivity index (χ2v) is 7.91. The Hall–Kier alpha value is -3.39. The third-order valence-corrected chi connectivity index (χ3v) is 5.74. The van der Waals surface area contributed by atoms with Crippen molar-refractivity contribution in [2.75, 3.05) is 6.61 Å². The third-order valence-electron chi connectivity index (χ3n) is 4.99. The number of fused-ring (bicyclic) bond motifs is 1. The minimum absolute atomic E-state index is 0.258. The number of carbonyl (C=O) groups is 2. The highest BCUT2D eigenvalue weighted by Crippen LogP contribution is 2.23. The van der Waals surface area contributed by atoms with Crippen LogP contribution in [0.15, 0.2) is 35.8 Å². The maximum atomic E-state index is 12.7. The highest BCUT2D eigenvalue weighted by atomic mass is 32.1. The Kier molecular flexibility index (Phi) is 5.17. The minimum atomic E-state index is -0.570. The molecular formula is C22H20N4O3S. The molecule has 0 saturated carbocycles. The van der Waals surface area contributed by atoms with Gasteiger partial charge in [0.1, 0.15) is 0 Å². The van der Waals surface area contributed by atoms with Crippen LogP contribution >= 0.6 is 11.3 Å². The van der Waals surface area contributed by atoms with Gasteiger partial charge < -0.3 is 4.74 Å². The molecule has 4 rings (SSSR count). The molecule has 3 aromatic heterocycles. The molecule has 152 valence electrons. The van der Waals surface area contributed by atoms with Gasteiger partial charge in [0.2, 0.25) is 5.78 Å². The standard InChI is InChI=1S/C22H20N4O3S/c1-12-9-17(15(4)26(12)22-23-7-8-30-22)20(27)11-29-21(28)16-5-6-18-19(10-16)25-14(3)13(2)24-18/h5-10H,11H2,1-4H3. The molecule has 0 N–H and O–H groups in total. The summed E-state index contributed by atoms with van der Waals surface area (Å²) in [4.78, 5) is 38.4. The van der Waals surface area contributed by atoms with Gasteiger partial charge in [0, 0.05) is 28.5 Å². The zero-order valence-electron chi connectivity index (χ0n) is 17.1. The normalized spacial score (nSPS) is 11.1. The van der Waals surface area contributed by atoms with Crippen LogP contribution in [-0.2, 0) is 4.74 Å². The number of carbonyl (C=O) groups excluding carboxylic acids is 2. The number of nitrogens with zero attached hydrogens (tertiary/aromatic N) is 4. The molecule has 0 amide bonds. The molecule has 3 heterocycles. The van der Waals surface area contributed by atoms with Gasteiger partial charge >= 0.3 is 5.97 Å². The van der Waals surface area contributed by atoms with Crippen molar-refractivity contribution in [3.05, 3.63) is 69.7 Å². The van der Waals surface area contributed by atoms with Crippen LogP contribution in [0.2, 0.25) is 0 Å².